The average molecular weight is 448 g/mol. The molecule has 0 bridgehead atoms. The van der Waals surface area contributed by atoms with Crippen molar-refractivity contribution in [2.24, 2.45) is 0 Å². The second-order valence-corrected chi connectivity index (χ2v) is 9.84. The standard InChI is InChI=1S/C24H21N3O2S2/c1-26-21-14-11-18(23-8-5-15-30-23)16-22(21)27-24(28)17-9-12-20(13-10-17)31(25,29)19-6-3-2-4-7-19/h2-16,25-26H,1H3,(H,27,28). The van der Waals surface area contributed by atoms with Crippen LogP contribution in [0.2, 0.25) is 0 Å². The third-order valence-corrected chi connectivity index (χ3v) is 7.66. The molecule has 0 aliphatic heterocycles. The number of amides is 1. The Labute approximate surface area is 185 Å². The van der Waals surface area contributed by atoms with Gasteiger partial charge < -0.3 is 10.6 Å². The quantitative estimate of drug-likeness (QED) is 0.330. The van der Waals surface area contributed by atoms with Crippen molar-refractivity contribution in [3.8, 4) is 10.4 Å². The van der Waals surface area contributed by atoms with Gasteiger partial charge in [-0.3, -0.25) is 4.79 Å². The summed E-state index contributed by atoms with van der Waals surface area (Å²) in [6.07, 6.45) is 0. The lowest BCUT2D eigenvalue weighted by Crippen LogP contribution is -2.13. The Hall–Kier alpha value is -3.42. The summed E-state index contributed by atoms with van der Waals surface area (Å²) in [5.74, 6) is -0.275. The molecule has 3 aromatic carbocycles. The zero-order chi connectivity index (χ0) is 21.8. The summed E-state index contributed by atoms with van der Waals surface area (Å²) in [6, 6.07) is 25.0. The van der Waals surface area contributed by atoms with Crippen LogP contribution in [0.4, 0.5) is 11.4 Å². The van der Waals surface area contributed by atoms with Gasteiger partial charge in [-0.25, -0.2) is 8.99 Å². The fourth-order valence-electron chi connectivity index (χ4n) is 3.20. The van der Waals surface area contributed by atoms with Crippen molar-refractivity contribution in [1.82, 2.24) is 0 Å². The van der Waals surface area contributed by atoms with Crippen LogP contribution in [-0.2, 0) is 9.73 Å². The first-order valence-corrected chi connectivity index (χ1v) is 12.0. The average Bonchev–Trinajstić information content (AvgIpc) is 3.35. The highest BCUT2D eigenvalue weighted by molar-refractivity contribution is 7.92. The Morgan fingerprint density at radius 2 is 1.58 bits per heavy atom. The van der Waals surface area contributed by atoms with Gasteiger partial charge in [0, 0.05) is 17.5 Å². The van der Waals surface area contributed by atoms with E-state index in [1.54, 1.807) is 66.9 Å². The van der Waals surface area contributed by atoms with Gasteiger partial charge in [-0.2, -0.15) is 0 Å². The molecule has 156 valence electrons. The van der Waals surface area contributed by atoms with E-state index in [1.807, 2.05) is 41.8 Å². The summed E-state index contributed by atoms with van der Waals surface area (Å²) in [5, 5.41) is 8.07. The van der Waals surface area contributed by atoms with E-state index < -0.39 is 9.73 Å². The van der Waals surface area contributed by atoms with Gasteiger partial charge in [0.25, 0.3) is 5.91 Å². The molecule has 1 aromatic heterocycles. The molecule has 0 fully saturated rings. The zero-order valence-electron chi connectivity index (χ0n) is 16.8. The molecule has 0 saturated carbocycles. The molecule has 1 unspecified atom stereocenters. The monoisotopic (exact) mass is 447 g/mol. The fourth-order valence-corrected chi connectivity index (χ4v) is 5.26. The van der Waals surface area contributed by atoms with Crippen LogP contribution < -0.4 is 10.6 Å². The van der Waals surface area contributed by atoms with Crippen LogP contribution in [-0.4, -0.2) is 17.2 Å². The van der Waals surface area contributed by atoms with E-state index in [0.29, 0.717) is 21.0 Å². The van der Waals surface area contributed by atoms with Crippen molar-refractivity contribution < 1.29 is 9.00 Å². The first kappa shape index (κ1) is 20.8. The lowest BCUT2D eigenvalue weighted by molar-refractivity contribution is 0.102. The second-order valence-electron chi connectivity index (χ2n) is 6.84. The molecule has 0 saturated heterocycles. The summed E-state index contributed by atoms with van der Waals surface area (Å²) in [6.45, 7) is 0. The number of thiophene rings is 1. The predicted molar refractivity (Wildman–Crippen MR) is 128 cm³/mol. The number of carbonyl (C=O) groups is 1. The van der Waals surface area contributed by atoms with Crippen molar-refractivity contribution in [2.45, 2.75) is 9.79 Å². The smallest absolute Gasteiger partial charge is 0.255 e. The number of carbonyl (C=O) groups excluding carboxylic acids is 1. The number of nitrogens with one attached hydrogen (secondary N) is 3. The molecule has 7 heteroatoms. The summed E-state index contributed by atoms with van der Waals surface area (Å²) < 4.78 is 21.3. The second kappa shape index (κ2) is 8.75. The van der Waals surface area contributed by atoms with Crippen molar-refractivity contribution in [2.75, 3.05) is 17.7 Å². The van der Waals surface area contributed by atoms with Gasteiger partial charge in [-0.15, -0.1) is 11.3 Å². The van der Waals surface area contributed by atoms with Crippen molar-refractivity contribution >= 4 is 38.3 Å². The Balaban J connectivity index is 1.58. The van der Waals surface area contributed by atoms with Crippen molar-refractivity contribution in [3.05, 3.63) is 95.9 Å². The molecule has 0 radical (unpaired) electrons. The van der Waals surface area contributed by atoms with Crippen LogP contribution in [0.3, 0.4) is 0 Å². The summed E-state index contributed by atoms with van der Waals surface area (Å²) in [4.78, 5) is 14.8. The van der Waals surface area contributed by atoms with Crippen LogP contribution in [0.1, 0.15) is 10.4 Å². The molecule has 1 heterocycles. The van der Waals surface area contributed by atoms with E-state index in [2.05, 4.69) is 10.6 Å². The molecule has 31 heavy (non-hydrogen) atoms. The van der Waals surface area contributed by atoms with Crippen molar-refractivity contribution in [1.29, 1.82) is 4.78 Å². The van der Waals surface area contributed by atoms with Crippen LogP contribution >= 0.6 is 11.3 Å². The minimum Gasteiger partial charge on any atom is -0.386 e. The van der Waals surface area contributed by atoms with Crippen molar-refractivity contribution in [3.63, 3.8) is 0 Å². The molecule has 0 aliphatic rings. The number of anilines is 2. The molecular formula is C24H21N3O2S2. The van der Waals surface area contributed by atoms with E-state index in [0.717, 1.165) is 16.1 Å². The highest BCUT2D eigenvalue weighted by Crippen LogP contribution is 2.32. The van der Waals surface area contributed by atoms with Gasteiger partial charge in [0.15, 0.2) is 0 Å². The van der Waals surface area contributed by atoms with Crippen LogP contribution in [0, 0.1) is 4.78 Å². The minimum atomic E-state index is -3.12. The Morgan fingerprint density at radius 1 is 0.871 bits per heavy atom. The molecule has 0 aliphatic carbocycles. The lowest BCUT2D eigenvalue weighted by Gasteiger charge is -2.13. The number of hydrogen-bond acceptors (Lipinski definition) is 5. The predicted octanol–water partition coefficient (Wildman–Crippen LogP) is 6.17. The van der Waals surface area contributed by atoms with E-state index in [4.69, 9.17) is 4.78 Å². The third kappa shape index (κ3) is 4.38. The SMILES string of the molecule is CNc1ccc(-c2cccs2)cc1NC(=O)c1ccc(S(=N)(=O)c2ccccc2)cc1. The Bertz CT molecular complexity index is 1300. The van der Waals surface area contributed by atoms with Gasteiger partial charge >= 0.3 is 0 Å². The molecule has 1 amide bonds. The minimum absolute atomic E-state index is 0.275. The molecule has 4 rings (SSSR count). The summed E-state index contributed by atoms with van der Waals surface area (Å²) in [5.41, 5.74) is 2.94. The van der Waals surface area contributed by atoms with Crippen LogP contribution in [0.15, 0.2) is 100 Å². The molecule has 5 nitrogen and oxygen atoms in total. The molecule has 4 aromatic rings. The maximum absolute atomic E-state index is 13.0. The highest BCUT2D eigenvalue weighted by Gasteiger charge is 2.15. The fraction of sp³-hybridized carbons (Fsp3) is 0.0417. The van der Waals surface area contributed by atoms with E-state index in [9.17, 15) is 9.00 Å². The summed E-state index contributed by atoms with van der Waals surface area (Å²) >= 11 is 1.64. The molecule has 1 atom stereocenters. The molecular weight excluding hydrogens is 426 g/mol. The van der Waals surface area contributed by atoms with Gasteiger partial charge in [-0.05, 0) is 65.5 Å². The van der Waals surface area contributed by atoms with E-state index in [1.165, 1.54) is 0 Å². The maximum Gasteiger partial charge on any atom is 0.255 e. The Morgan fingerprint density at radius 3 is 2.23 bits per heavy atom. The van der Waals surface area contributed by atoms with Gasteiger partial charge in [0.1, 0.15) is 9.73 Å². The third-order valence-electron chi connectivity index (χ3n) is 4.87. The zero-order valence-corrected chi connectivity index (χ0v) is 18.4. The number of benzene rings is 3. The van der Waals surface area contributed by atoms with Crippen LogP contribution in [0.5, 0.6) is 0 Å². The first-order valence-electron chi connectivity index (χ1n) is 9.60. The topological polar surface area (TPSA) is 82.0 Å². The Kier molecular flexibility index (Phi) is 5.88. The first-order chi connectivity index (χ1) is 15.0. The number of rotatable bonds is 6. The summed E-state index contributed by atoms with van der Waals surface area (Å²) in [7, 11) is -1.32. The van der Waals surface area contributed by atoms with Gasteiger partial charge in [0.05, 0.1) is 21.2 Å². The maximum atomic E-state index is 13.0. The molecule has 3 N–H and O–H groups in total. The highest BCUT2D eigenvalue weighted by atomic mass is 32.2. The van der Waals surface area contributed by atoms with E-state index >= 15 is 0 Å². The van der Waals surface area contributed by atoms with Gasteiger partial charge in [0.2, 0.25) is 0 Å². The number of hydrogen-bond donors (Lipinski definition) is 3. The lowest BCUT2D eigenvalue weighted by atomic mass is 10.1. The largest absolute Gasteiger partial charge is 0.386 e. The van der Waals surface area contributed by atoms with Crippen LogP contribution in [0.25, 0.3) is 10.4 Å². The van der Waals surface area contributed by atoms with Gasteiger partial charge in [-0.1, -0.05) is 30.3 Å². The normalized spacial score (nSPS) is 12.7. The molecule has 0 spiro atoms. The van der Waals surface area contributed by atoms with E-state index in [-0.39, 0.29) is 5.91 Å².